The Kier molecular flexibility index (Phi) is 4.48. The van der Waals surface area contributed by atoms with Gasteiger partial charge in [0.2, 0.25) is 11.7 Å². The Balaban J connectivity index is 2.05. The van der Waals surface area contributed by atoms with Crippen LogP contribution in [0.4, 0.5) is 0 Å². The van der Waals surface area contributed by atoms with Gasteiger partial charge in [-0.15, -0.1) is 0 Å². The van der Waals surface area contributed by atoms with E-state index in [1.807, 2.05) is 0 Å². The van der Waals surface area contributed by atoms with Crippen molar-refractivity contribution in [3.8, 4) is 18.2 Å². The summed E-state index contributed by atoms with van der Waals surface area (Å²) in [7, 11) is 0. The smallest absolute Gasteiger partial charge is 0.217 e. The van der Waals surface area contributed by atoms with Crippen molar-refractivity contribution in [3.05, 3.63) is 0 Å². The molecule has 6 heteroatoms. The molecule has 132 valence electrons. The Morgan fingerprint density at radius 2 is 1.88 bits per heavy atom. The fourth-order valence-corrected chi connectivity index (χ4v) is 4.99. The molecule has 1 saturated carbocycles. The first kappa shape index (κ1) is 17.7. The van der Waals surface area contributed by atoms with Crippen LogP contribution in [0.1, 0.15) is 64.7 Å². The molecule has 0 aromatic carbocycles. The molecule has 3 rings (SSSR count). The summed E-state index contributed by atoms with van der Waals surface area (Å²) in [6, 6.07) is 6.42. The summed E-state index contributed by atoms with van der Waals surface area (Å²) in [5.74, 6) is -1.67. The van der Waals surface area contributed by atoms with Crippen LogP contribution in [0.5, 0.6) is 0 Å². The average Bonchev–Trinajstić information content (AvgIpc) is 2.84. The third-order valence-corrected chi connectivity index (χ3v) is 6.25. The maximum Gasteiger partial charge on any atom is 0.217 e. The molecule has 0 spiro atoms. The van der Waals surface area contributed by atoms with Crippen molar-refractivity contribution in [2.45, 2.75) is 76.6 Å². The van der Waals surface area contributed by atoms with Gasteiger partial charge in [-0.25, -0.2) is 0 Å². The fraction of sp³-hybridized carbons (Fsp3) is 0.789. The maximum absolute atomic E-state index is 10.1. The Morgan fingerprint density at radius 1 is 1.12 bits per heavy atom. The van der Waals surface area contributed by atoms with E-state index in [1.165, 1.54) is 0 Å². The third kappa shape index (κ3) is 2.12. The van der Waals surface area contributed by atoms with Crippen LogP contribution in [0.2, 0.25) is 0 Å². The molecule has 0 aromatic rings. The molecule has 2 aliphatic heterocycles. The minimum absolute atomic E-state index is 0.249. The molecule has 6 nitrogen and oxygen atoms in total. The molecule has 0 amide bonds. The van der Waals surface area contributed by atoms with Gasteiger partial charge < -0.3 is 9.47 Å². The lowest BCUT2D eigenvalue weighted by Gasteiger charge is -2.51. The van der Waals surface area contributed by atoms with E-state index < -0.39 is 28.6 Å². The van der Waals surface area contributed by atoms with E-state index in [0.717, 1.165) is 38.5 Å². The highest BCUT2D eigenvalue weighted by atomic mass is 16.7. The van der Waals surface area contributed by atoms with Crippen molar-refractivity contribution in [2.75, 3.05) is 0 Å². The zero-order chi connectivity index (χ0) is 18.1. The van der Waals surface area contributed by atoms with Crippen molar-refractivity contribution < 1.29 is 9.47 Å². The van der Waals surface area contributed by atoms with Crippen molar-refractivity contribution in [2.24, 2.45) is 16.7 Å². The van der Waals surface area contributed by atoms with Gasteiger partial charge in [-0.05, 0) is 19.3 Å². The second kappa shape index (κ2) is 6.32. The van der Waals surface area contributed by atoms with Crippen LogP contribution in [-0.2, 0) is 9.47 Å². The number of hydrogen-bond donors (Lipinski definition) is 1. The SMILES string of the molecule is CCCCCCC1OC23CCCCC2C(C#N)(C(=N)O3)C1(C#N)C#N. The first-order valence-corrected chi connectivity index (χ1v) is 9.26. The van der Waals surface area contributed by atoms with Gasteiger partial charge in [0.05, 0.1) is 30.2 Å². The normalized spacial score (nSPS) is 37.9. The van der Waals surface area contributed by atoms with Crippen LogP contribution < -0.4 is 0 Å². The van der Waals surface area contributed by atoms with Crippen LogP contribution in [-0.4, -0.2) is 17.8 Å². The Bertz CT molecular complexity index is 671. The molecule has 2 bridgehead atoms. The molecule has 1 N–H and O–H groups in total. The van der Waals surface area contributed by atoms with Gasteiger partial charge in [0.15, 0.2) is 10.8 Å². The molecule has 3 aliphatic rings. The topological polar surface area (TPSA) is 114 Å². The summed E-state index contributed by atoms with van der Waals surface area (Å²) in [4.78, 5) is 0. The highest BCUT2D eigenvalue weighted by Crippen LogP contribution is 2.66. The molecule has 25 heavy (non-hydrogen) atoms. The minimum Gasteiger partial charge on any atom is -0.447 e. The number of nitriles is 3. The molecule has 2 heterocycles. The number of nitrogens with zero attached hydrogens (tertiary/aromatic N) is 3. The predicted molar refractivity (Wildman–Crippen MR) is 88.8 cm³/mol. The number of nitrogens with one attached hydrogen (secondary N) is 1. The summed E-state index contributed by atoms with van der Waals surface area (Å²) in [5, 5.41) is 38.4. The van der Waals surface area contributed by atoms with Gasteiger partial charge in [0, 0.05) is 6.42 Å². The van der Waals surface area contributed by atoms with E-state index in [-0.39, 0.29) is 5.90 Å². The molecular weight excluding hydrogens is 316 g/mol. The Hall–Kier alpha value is -2.10. The number of hydrogen-bond acceptors (Lipinski definition) is 6. The molecule has 1 aliphatic carbocycles. The summed E-state index contributed by atoms with van der Waals surface area (Å²) in [5.41, 5.74) is -3.21. The fourth-order valence-electron chi connectivity index (χ4n) is 4.99. The van der Waals surface area contributed by atoms with E-state index in [9.17, 15) is 15.8 Å². The summed E-state index contributed by atoms with van der Waals surface area (Å²) in [6.45, 7) is 2.12. The lowest BCUT2D eigenvalue weighted by Crippen LogP contribution is -2.63. The van der Waals surface area contributed by atoms with Crippen molar-refractivity contribution in [3.63, 3.8) is 0 Å². The van der Waals surface area contributed by atoms with E-state index >= 15 is 0 Å². The molecule has 4 atom stereocenters. The zero-order valence-electron chi connectivity index (χ0n) is 14.7. The molecule has 2 saturated heterocycles. The van der Waals surface area contributed by atoms with Crippen LogP contribution in [0.25, 0.3) is 0 Å². The van der Waals surface area contributed by atoms with Crippen molar-refractivity contribution in [1.82, 2.24) is 0 Å². The molecule has 0 aromatic heterocycles. The van der Waals surface area contributed by atoms with Crippen LogP contribution >= 0.6 is 0 Å². The van der Waals surface area contributed by atoms with Gasteiger partial charge in [-0.1, -0.05) is 39.0 Å². The lowest BCUT2D eigenvalue weighted by atomic mass is 9.51. The summed E-state index contributed by atoms with van der Waals surface area (Å²) >= 11 is 0. The first-order chi connectivity index (χ1) is 12.1. The highest BCUT2D eigenvalue weighted by molar-refractivity contribution is 5.89. The van der Waals surface area contributed by atoms with Gasteiger partial charge in [-0.2, -0.15) is 15.8 Å². The van der Waals surface area contributed by atoms with Crippen molar-refractivity contribution >= 4 is 5.90 Å². The number of unbranched alkanes of at least 4 members (excludes halogenated alkanes) is 3. The third-order valence-electron chi connectivity index (χ3n) is 6.25. The zero-order valence-corrected chi connectivity index (χ0v) is 14.7. The molecule has 4 unspecified atom stereocenters. The van der Waals surface area contributed by atoms with Crippen LogP contribution in [0.3, 0.4) is 0 Å². The van der Waals surface area contributed by atoms with Crippen LogP contribution in [0, 0.1) is 56.2 Å². The van der Waals surface area contributed by atoms with E-state index in [4.69, 9.17) is 14.9 Å². The monoisotopic (exact) mass is 340 g/mol. The standard InChI is InChI=1S/C19H24N4O2/c1-2-3-4-5-9-15-17(11-20,12-21)18(13-22)14-8-6-7-10-19(14,24-15)25-16(18)23/h14-15,23H,2-10H2,1H3. The van der Waals surface area contributed by atoms with Crippen LogP contribution in [0.15, 0.2) is 0 Å². The maximum atomic E-state index is 10.1. The van der Waals surface area contributed by atoms with Gasteiger partial charge >= 0.3 is 0 Å². The number of ether oxygens (including phenoxy) is 2. The minimum atomic E-state index is -1.69. The quantitative estimate of drug-likeness (QED) is 0.765. The predicted octanol–water partition coefficient (Wildman–Crippen LogP) is 3.79. The van der Waals surface area contributed by atoms with Gasteiger partial charge in [0.25, 0.3) is 0 Å². The average molecular weight is 340 g/mol. The molecule has 3 fully saturated rings. The molecule has 0 radical (unpaired) electrons. The highest BCUT2D eigenvalue weighted by Gasteiger charge is 2.79. The largest absolute Gasteiger partial charge is 0.447 e. The summed E-state index contributed by atoms with van der Waals surface area (Å²) in [6.07, 6.45) is 6.90. The van der Waals surface area contributed by atoms with E-state index in [0.29, 0.717) is 19.3 Å². The first-order valence-electron chi connectivity index (χ1n) is 9.26. The Morgan fingerprint density at radius 3 is 2.52 bits per heavy atom. The van der Waals surface area contributed by atoms with Gasteiger partial charge in [-0.3, -0.25) is 5.41 Å². The lowest BCUT2D eigenvalue weighted by molar-refractivity contribution is -0.292. The van der Waals surface area contributed by atoms with Gasteiger partial charge in [0.1, 0.15) is 0 Å². The summed E-state index contributed by atoms with van der Waals surface area (Å²) < 4.78 is 12.1. The second-order valence-electron chi connectivity index (χ2n) is 7.45. The molecular formula is C19H24N4O2. The Labute approximate surface area is 148 Å². The van der Waals surface area contributed by atoms with Crippen molar-refractivity contribution in [1.29, 1.82) is 21.2 Å². The second-order valence-corrected chi connectivity index (χ2v) is 7.45. The number of rotatable bonds is 5. The van der Waals surface area contributed by atoms with E-state index in [2.05, 4.69) is 25.1 Å². The van der Waals surface area contributed by atoms with E-state index in [1.54, 1.807) is 0 Å².